The predicted octanol–water partition coefficient (Wildman–Crippen LogP) is 0.692. The minimum atomic E-state index is -0.305. The molecule has 0 saturated heterocycles. The van der Waals surface area contributed by atoms with E-state index in [0.717, 1.165) is 5.56 Å². The topological polar surface area (TPSA) is 46.5 Å². The van der Waals surface area contributed by atoms with Crippen LogP contribution in [0.15, 0.2) is 18.2 Å². The van der Waals surface area contributed by atoms with Crippen LogP contribution in [0.5, 0.6) is 0 Å². The Bertz CT molecular complexity index is 299. The van der Waals surface area contributed by atoms with Gasteiger partial charge in [0.2, 0.25) is 0 Å². The number of rotatable bonds is 3. The normalized spacial score (nSPS) is 9.00. The van der Waals surface area contributed by atoms with Crippen molar-refractivity contribution in [3.63, 3.8) is 0 Å². The number of hydrogen-bond donors (Lipinski definition) is 1. The molecule has 76 valence electrons. The van der Waals surface area contributed by atoms with Crippen LogP contribution in [0.4, 0.5) is 0 Å². The van der Waals surface area contributed by atoms with Gasteiger partial charge in [-0.25, -0.2) is 0 Å². The Morgan fingerprint density at radius 3 is 2.86 bits per heavy atom. The average molecular weight is 363 g/mol. The summed E-state index contributed by atoms with van der Waals surface area (Å²) in [6, 6.07) is 7.95. The van der Waals surface area contributed by atoms with Gasteiger partial charge in [0.15, 0.2) is 0 Å². The molecule has 0 aromatic heterocycles. The summed E-state index contributed by atoms with van der Waals surface area (Å²) in [7, 11) is 1.34. The molecule has 0 amide bonds. The predicted molar refractivity (Wildman–Crippen MR) is 46.9 cm³/mol. The van der Waals surface area contributed by atoms with E-state index >= 15 is 0 Å². The van der Waals surface area contributed by atoms with E-state index in [1.165, 1.54) is 7.11 Å². The zero-order valence-corrected chi connectivity index (χ0v) is 10.8. The Balaban J connectivity index is 0.00000169. The number of aliphatic hydroxyl groups is 1. The van der Waals surface area contributed by atoms with Crippen LogP contribution >= 0.6 is 0 Å². The third kappa shape index (κ3) is 3.60. The van der Waals surface area contributed by atoms with Gasteiger partial charge in [-0.3, -0.25) is 4.79 Å². The van der Waals surface area contributed by atoms with E-state index in [9.17, 15) is 4.79 Å². The number of methoxy groups -OCH3 is 1. The molecule has 1 N–H and O–H groups in total. The van der Waals surface area contributed by atoms with E-state index in [4.69, 9.17) is 5.11 Å². The van der Waals surface area contributed by atoms with Gasteiger partial charge in [0, 0.05) is 34.1 Å². The van der Waals surface area contributed by atoms with Gasteiger partial charge in [-0.1, -0.05) is 0 Å². The number of aliphatic hydroxyl groups excluding tert-OH is 1. The molecule has 0 spiro atoms. The number of ether oxygens (including phenoxy) is 1. The summed E-state index contributed by atoms with van der Waals surface area (Å²) < 4.78 is 4.52. The van der Waals surface area contributed by atoms with Crippen LogP contribution in [0.1, 0.15) is 11.1 Å². The zero-order chi connectivity index (χ0) is 9.68. The van der Waals surface area contributed by atoms with E-state index in [1.807, 2.05) is 0 Å². The van der Waals surface area contributed by atoms with Crippen molar-refractivity contribution in [3.05, 3.63) is 35.4 Å². The molecule has 4 heteroatoms. The Labute approximate surface area is 97.3 Å². The van der Waals surface area contributed by atoms with Gasteiger partial charge in [-0.05, 0) is 0 Å². The van der Waals surface area contributed by atoms with Gasteiger partial charge in [0.25, 0.3) is 0 Å². The Morgan fingerprint density at radius 2 is 2.29 bits per heavy atom. The van der Waals surface area contributed by atoms with Crippen molar-refractivity contribution < 1.29 is 35.7 Å². The number of carbonyl (C=O) groups is 1. The first-order chi connectivity index (χ1) is 6.27. The standard InChI is InChI=1S/C10H11O3.W/c1-13-10(12)6-8-4-2-3-5-9(8)7-11;/h2,4-5,11H,6-7H2,1H3;/q-1;. The van der Waals surface area contributed by atoms with Crippen LogP contribution in [0.25, 0.3) is 0 Å². The van der Waals surface area contributed by atoms with E-state index in [2.05, 4.69) is 10.8 Å². The maximum Gasteiger partial charge on any atom is 0.307 e. The summed E-state index contributed by atoms with van der Waals surface area (Å²) in [5.74, 6) is -0.305. The summed E-state index contributed by atoms with van der Waals surface area (Å²) in [5.41, 5.74) is 1.50. The number of benzene rings is 1. The molecule has 0 aliphatic carbocycles. The van der Waals surface area contributed by atoms with E-state index in [1.54, 1.807) is 18.2 Å². The molecule has 14 heavy (non-hydrogen) atoms. The monoisotopic (exact) mass is 363 g/mol. The van der Waals surface area contributed by atoms with Crippen molar-refractivity contribution >= 4 is 5.97 Å². The van der Waals surface area contributed by atoms with Crippen molar-refractivity contribution in [2.24, 2.45) is 0 Å². The number of hydrogen-bond acceptors (Lipinski definition) is 3. The molecule has 1 aromatic rings. The first-order valence-corrected chi connectivity index (χ1v) is 3.93. The van der Waals surface area contributed by atoms with Gasteiger partial charge in [-0.2, -0.15) is 24.3 Å². The molecule has 1 aromatic carbocycles. The fourth-order valence-electron chi connectivity index (χ4n) is 1.04. The Hall–Kier alpha value is -0.662. The van der Waals surface area contributed by atoms with Crippen molar-refractivity contribution in [2.75, 3.05) is 7.11 Å². The van der Waals surface area contributed by atoms with E-state index in [-0.39, 0.29) is 40.1 Å². The van der Waals surface area contributed by atoms with Crippen molar-refractivity contribution in [1.82, 2.24) is 0 Å². The van der Waals surface area contributed by atoms with Crippen LogP contribution in [0.2, 0.25) is 0 Å². The molecule has 0 saturated carbocycles. The summed E-state index contributed by atoms with van der Waals surface area (Å²) in [6.07, 6.45) is 0.196. The quantitative estimate of drug-likeness (QED) is 0.635. The molecule has 0 aliphatic rings. The second-order valence-electron chi connectivity index (χ2n) is 2.61. The molecule has 0 aliphatic heterocycles. The molecule has 0 unspecified atom stereocenters. The van der Waals surface area contributed by atoms with Crippen LogP contribution in [0.3, 0.4) is 0 Å². The van der Waals surface area contributed by atoms with Gasteiger partial charge < -0.3 is 9.84 Å². The number of carbonyl (C=O) groups excluding carboxylic acids is 1. The van der Waals surface area contributed by atoms with Gasteiger partial charge >= 0.3 is 5.97 Å². The van der Waals surface area contributed by atoms with Crippen LogP contribution in [0, 0.1) is 6.07 Å². The third-order valence-corrected chi connectivity index (χ3v) is 1.78. The average Bonchev–Trinajstić information content (AvgIpc) is 2.18. The molecular formula is C10H11O3W-. The fourth-order valence-corrected chi connectivity index (χ4v) is 1.04. The van der Waals surface area contributed by atoms with Crippen LogP contribution < -0.4 is 0 Å². The zero-order valence-electron chi connectivity index (χ0n) is 7.82. The van der Waals surface area contributed by atoms with Crippen molar-refractivity contribution in [3.8, 4) is 0 Å². The minimum Gasteiger partial charge on any atom is -0.469 e. The maximum absolute atomic E-state index is 10.9. The maximum atomic E-state index is 10.9. The largest absolute Gasteiger partial charge is 0.469 e. The van der Waals surface area contributed by atoms with Crippen molar-refractivity contribution in [2.45, 2.75) is 13.0 Å². The summed E-state index contributed by atoms with van der Waals surface area (Å²) >= 11 is 0. The fraction of sp³-hybridized carbons (Fsp3) is 0.300. The molecule has 0 heterocycles. The van der Waals surface area contributed by atoms with Gasteiger partial charge in [0.1, 0.15) is 0 Å². The summed E-state index contributed by atoms with van der Waals surface area (Å²) in [4.78, 5) is 10.9. The van der Waals surface area contributed by atoms with Crippen molar-refractivity contribution in [1.29, 1.82) is 0 Å². The summed E-state index contributed by atoms with van der Waals surface area (Å²) in [6.45, 7) is -0.0797. The van der Waals surface area contributed by atoms with Crippen LogP contribution in [-0.4, -0.2) is 18.2 Å². The SMILES string of the molecule is COC(=O)Cc1cc[c-]cc1CO.[W]. The Kier molecular flexibility index (Phi) is 6.42. The molecule has 0 bridgehead atoms. The molecule has 0 radical (unpaired) electrons. The van der Waals surface area contributed by atoms with Crippen LogP contribution in [-0.2, 0) is 43.6 Å². The summed E-state index contributed by atoms with van der Waals surface area (Å²) in [5, 5.41) is 8.93. The van der Waals surface area contributed by atoms with Gasteiger partial charge in [0.05, 0.1) is 7.11 Å². The van der Waals surface area contributed by atoms with E-state index < -0.39 is 0 Å². The number of esters is 1. The smallest absolute Gasteiger partial charge is 0.307 e. The first kappa shape index (κ1) is 13.3. The second-order valence-corrected chi connectivity index (χ2v) is 2.61. The molecule has 0 fully saturated rings. The second kappa shape index (κ2) is 6.74. The first-order valence-electron chi connectivity index (χ1n) is 3.93. The Morgan fingerprint density at radius 1 is 1.57 bits per heavy atom. The molecule has 3 nitrogen and oxygen atoms in total. The molecule has 0 atom stereocenters. The molecular weight excluding hydrogens is 352 g/mol. The molecule has 1 rings (SSSR count). The minimum absolute atomic E-state index is 0. The third-order valence-electron chi connectivity index (χ3n) is 1.78. The van der Waals surface area contributed by atoms with Gasteiger partial charge in [-0.15, -0.1) is 11.1 Å². The van der Waals surface area contributed by atoms with E-state index in [0.29, 0.717) is 5.56 Å².